The zero-order valence-corrected chi connectivity index (χ0v) is 12.3. The number of phenolic OH excluding ortho intramolecular Hbond substituents is 1. The van der Waals surface area contributed by atoms with Crippen molar-refractivity contribution in [2.45, 2.75) is 20.0 Å². The van der Waals surface area contributed by atoms with Gasteiger partial charge in [-0.1, -0.05) is 24.3 Å². The summed E-state index contributed by atoms with van der Waals surface area (Å²) in [4.78, 5) is 12.9. The highest BCUT2D eigenvalue weighted by Crippen LogP contribution is 2.15. The van der Waals surface area contributed by atoms with Crippen LogP contribution >= 0.6 is 0 Å². The van der Waals surface area contributed by atoms with Crippen LogP contribution in [-0.2, 0) is 17.9 Å². The quantitative estimate of drug-likeness (QED) is 0.887. The van der Waals surface area contributed by atoms with Crippen molar-refractivity contribution in [2.75, 3.05) is 12.4 Å². The lowest BCUT2D eigenvalue weighted by Gasteiger charge is -2.15. The predicted molar refractivity (Wildman–Crippen MR) is 84.0 cm³/mol. The Kier molecular flexibility index (Phi) is 4.82. The van der Waals surface area contributed by atoms with Crippen molar-refractivity contribution in [2.24, 2.45) is 0 Å². The monoisotopic (exact) mass is 284 g/mol. The Labute approximate surface area is 125 Å². The third kappa shape index (κ3) is 4.53. The van der Waals surface area contributed by atoms with Crippen LogP contribution in [0.4, 0.5) is 5.69 Å². The summed E-state index contributed by atoms with van der Waals surface area (Å²) >= 11 is 0. The van der Waals surface area contributed by atoms with Gasteiger partial charge in [0.05, 0.1) is 0 Å². The molecule has 0 heterocycles. The number of phenols is 1. The van der Waals surface area contributed by atoms with Crippen molar-refractivity contribution in [3.05, 3.63) is 59.7 Å². The molecule has 0 aromatic heterocycles. The Hall–Kier alpha value is -2.49. The molecule has 2 aromatic rings. The molecule has 0 spiro atoms. The van der Waals surface area contributed by atoms with Crippen molar-refractivity contribution in [1.82, 2.24) is 4.90 Å². The Balaban J connectivity index is 1.97. The van der Waals surface area contributed by atoms with Gasteiger partial charge in [0.2, 0.25) is 5.91 Å². The van der Waals surface area contributed by atoms with E-state index in [2.05, 4.69) is 5.32 Å². The summed E-state index contributed by atoms with van der Waals surface area (Å²) in [5.74, 6) is 0.325. The summed E-state index contributed by atoms with van der Waals surface area (Å²) in [5, 5.41) is 12.6. The summed E-state index contributed by atoms with van der Waals surface area (Å²) in [7, 11) is 1.79. The van der Waals surface area contributed by atoms with Crippen molar-refractivity contribution >= 4 is 11.6 Å². The fourth-order valence-corrected chi connectivity index (χ4v) is 1.98. The first-order chi connectivity index (χ1) is 10.0. The van der Waals surface area contributed by atoms with E-state index in [1.54, 1.807) is 31.0 Å². The van der Waals surface area contributed by atoms with E-state index in [0.29, 0.717) is 13.1 Å². The zero-order valence-electron chi connectivity index (χ0n) is 12.3. The van der Waals surface area contributed by atoms with Crippen molar-refractivity contribution in [1.29, 1.82) is 0 Å². The van der Waals surface area contributed by atoms with Crippen LogP contribution in [0.25, 0.3) is 0 Å². The number of amides is 1. The molecule has 4 nitrogen and oxygen atoms in total. The molecule has 110 valence electrons. The number of nitrogens with one attached hydrogen (secondary N) is 1. The molecule has 2 aromatic carbocycles. The van der Waals surface area contributed by atoms with Crippen LogP contribution in [0, 0.1) is 0 Å². The largest absolute Gasteiger partial charge is 0.508 e. The molecule has 2 rings (SSSR count). The fraction of sp³-hybridized carbons (Fsp3) is 0.235. The van der Waals surface area contributed by atoms with E-state index in [9.17, 15) is 9.90 Å². The molecule has 2 N–H and O–H groups in total. The number of carbonyl (C=O) groups is 1. The normalized spacial score (nSPS) is 10.2. The van der Waals surface area contributed by atoms with E-state index in [1.807, 2.05) is 36.4 Å². The molecular weight excluding hydrogens is 264 g/mol. The molecule has 0 unspecified atom stereocenters. The smallest absolute Gasteiger partial charge is 0.219 e. The molecule has 0 saturated carbocycles. The number of aromatic hydroxyl groups is 1. The molecule has 0 aliphatic heterocycles. The minimum absolute atomic E-state index is 0.0532. The van der Waals surface area contributed by atoms with E-state index in [0.717, 1.165) is 16.8 Å². The first-order valence-electron chi connectivity index (χ1n) is 6.87. The second kappa shape index (κ2) is 6.79. The van der Waals surface area contributed by atoms with E-state index in [-0.39, 0.29) is 11.7 Å². The zero-order chi connectivity index (χ0) is 15.2. The van der Waals surface area contributed by atoms with Gasteiger partial charge >= 0.3 is 0 Å². The Morgan fingerprint density at radius 2 is 1.86 bits per heavy atom. The molecule has 0 bridgehead atoms. The van der Waals surface area contributed by atoms with Crippen LogP contribution in [-0.4, -0.2) is 23.0 Å². The minimum Gasteiger partial charge on any atom is -0.508 e. The van der Waals surface area contributed by atoms with Gasteiger partial charge in [0.1, 0.15) is 5.75 Å². The molecule has 0 atom stereocenters. The third-order valence-corrected chi connectivity index (χ3v) is 3.32. The average Bonchev–Trinajstić information content (AvgIpc) is 2.47. The number of anilines is 1. The SMILES string of the molecule is CC(=O)N(C)Cc1cccc(NCc2ccc(O)cc2)c1. The van der Waals surface area contributed by atoms with Crippen LogP contribution in [0.3, 0.4) is 0 Å². The Morgan fingerprint density at radius 1 is 1.14 bits per heavy atom. The van der Waals surface area contributed by atoms with Gasteiger partial charge in [0.15, 0.2) is 0 Å². The van der Waals surface area contributed by atoms with Gasteiger partial charge < -0.3 is 15.3 Å². The molecule has 1 amide bonds. The van der Waals surface area contributed by atoms with Gasteiger partial charge in [-0.05, 0) is 35.4 Å². The predicted octanol–water partition coefficient (Wildman–Crippen LogP) is 2.98. The van der Waals surface area contributed by atoms with Gasteiger partial charge in [0, 0.05) is 32.7 Å². The molecule has 4 heteroatoms. The number of hydrogen-bond donors (Lipinski definition) is 2. The first kappa shape index (κ1) is 14.9. The fourth-order valence-electron chi connectivity index (χ4n) is 1.98. The summed E-state index contributed by atoms with van der Waals surface area (Å²) in [6, 6.07) is 15.1. The van der Waals surface area contributed by atoms with Crippen molar-refractivity contribution in [3.8, 4) is 5.75 Å². The Bertz CT molecular complexity index is 608. The topological polar surface area (TPSA) is 52.6 Å². The molecule has 0 radical (unpaired) electrons. The van der Waals surface area contributed by atoms with Crippen LogP contribution < -0.4 is 5.32 Å². The summed E-state index contributed by atoms with van der Waals surface area (Å²) in [6.07, 6.45) is 0. The molecule has 0 saturated heterocycles. The van der Waals surface area contributed by atoms with E-state index in [4.69, 9.17) is 0 Å². The molecule has 0 fully saturated rings. The second-order valence-electron chi connectivity index (χ2n) is 5.10. The van der Waals surface area contributed by atoms with E-state index in [1.165, 1.54) is 0 Å². The summed E-state index contributed by atoms with van der Waals surface area (Å²) < 4.78 is 0. The van der Waals surface area contributed by atoms with E-state index >= 15 is 0 Å². The van der Waals surface area contributed by atoms with Crippen molar-refractivity contribution in [3.63, 3.8) is 0 Å². The van der Waals surface area contributed by atoms with Crippen molar-refractivity contribution < 1.29 is 9.90 Å². The summed E-state index contributed by atoms with van der Waals surface area (Å²) in [6.45, 7) is 2.85. The van der Waals surface area contributed by atoms with Crippen LogP contribution in [0.15, 0.2) is 48.5 Å². The number of benzene rings is 2. The standard InChI is InChI=1S/C17H20N2O2/c1-13(20)19(2)12-15-4-3-5-16(10-15)18-11-14-6-8-17(21)9-7-14/h3-10,18,21H,11-12H2,1-2H3. The number of hydrogen-bond acceptors (Lipinski definition) is 3. The summed E-state index contributed by atoms with van der Waals surface area (Å²) in [5.41, 5.74) is 3.19. The molecule has 0 aliphatic rings. The lowest BCUT2D eigenvalue weighted by Crippen LogP contribution is -2.22. The van der Waals surface area contributed by atoms with E-state index < -0.39 is 0 Å². The van der Waals surface area contributed by atoms with Gasteiger partial charge in [-0.3, -0.25) is 4.79 Å². The van der Waals surface area contributed by atoms with Crippen LogP contribution in [0.5, 0.6) is 5.75 Å². The molecular formula is C17H20N2O2. The maximum atomic E-state index is 11.3. The lowest BCUT2D eigenvalue weighted by atomic mass is 10.1. The molecule has 21 heavy (non-hydrogen) atoms. The van der Waals surface area contributed by atoms with Gasteiger partial charge in [-0.2, -0.15) is 0 Å². The highest BCUT2D eigenvalue weighted by molar-refractivity contribution is 5.72. The minimum atomic E-state index is 0.0532. The van der Waals surface area contributed by atoms with Crippen LogP contribution in [0.1, 0.15) is 18.1 Å². The molecule has 0 aliphatic carbocycles. The number of nitrogens with zero attached hydrogens (tertiary/aromatic N) is 1. The maximum absolute atomic E-state index is 11.3. The Morgan fingerprint density at radius 3 is 2.52 bits per heavy atom. The second-order valence-corrected chi connectivity index (χ2v) is 5.10. The highest BCUT2D eigenvalue weighted by atomic mass is 16.3. The number of rotatable bonds is 5. The van der Waals surface area contributed by atoms with Crippen LogP contribution in [0.2, 0.25) is 0 Å². The average molecular weight is 284 g/mol. The third-order valence-electron chi connectivity index (χ3n) is 3.32. The first-order valence-corrected chi connectivity index (χ1v) is 6.87. The lowest BCUT2D eigenvalue weighted by molar-refractivity contribution is -0.128. The maximum Gasteiger partial charge on any atom is 0.219 e. The van der Waals surface area contributed by atoms with Gasteiger partial charge in [-0.25, -0.2) is 0 Å². The number of carbonyl (C=O) groups excluding carboxylic acids is 1. The van der Waals surface area contributed by atoms with Gasteiger partial charge in [-0.15, -0.1) is 0 Å². The van der Waals surface area contributed by atoms with Gasteiger partial charge in [0.25, 0.3) is 0 Å². The highest BCUT2D eigenvalue weighted by Gasteiger charge is 2.04.